The fraction of sp³-hybridized carbons (Fsp3) is 0.379. The molecule has 0 bridgehead atoms. The number of likely N-dealkylation sites (tertiary alicyclic amines) is 1. The van der Waals surface area contributed by atoms with Crippen molar-refractivity contribution in [3.8, 4) is 11.3 Å². The number of ether oxygens (including phenoxy) is 1. The summed E-state index contributed by atoms with van der Waals surface area (Å²) in [6.07, 6.45) is 2.08. The number of amides is 3. The zero-order valence-electron chi connectivity index (χ0n) is 21.8. The van der Waals surface area contributed by atoms with E-state index in [9.17, 15) is 14.4 Å². The first kappa shape index (κ1) is 25.9. The predicted octanol–water partition coefficient (Wildman–Crippen LogP) is 5.43. The summed E-state index contributed by atoms with van der Waals surface area (Å²) in [6.45, 7) is 5.84. The van der Waals surface area contributed by atoms with Crippen molar-refractivity contribution in [1.29, 1.82) is 0 Å². The molecular weight excluding hydrogens is 500 g/mol. The summed E-state index contributed by atoms with van der Waals surface area (Å²) in [7, 11) is 0. The molecule has 0 spiro atoms. The van der Waals surface area contributed by atoms with Crippen LogP contribution in [0, 0.1) is 0 Å². The number of anilines is 1. The lowest BCUT2D eigenvalue weighted by Crippen LogP contribution is -2.45. The van der Waals surface area contributed by atoms with E-state index in [0.29, 0.717) is 35.4 Å². The van der Waals surface area contributed by atoms with Crippen molar-refractivity contribution in [2.24, 2.45) is 0 Å². The molecule has 1 aliphatic carbocycles. The number of rotatable bonds is 6. The van der Waals surface area contributed by atoms with Gasteiger partial charge in [0.05, 0.1) is 5.69 Å². The van der Waals surface area contributed by atoms with Crippen molar-refractivity contribution >= 4 is 34.4 Å². The molecule has 0 radical (unpaired) electrons. The summed E-state index contributed by atoms with van der Waals surface area (Å²) in [5.41, 5.74) is 2.59. The molecule has 2 aliphatic rings. The second-order valence-electron chi connectivity index (χ2n) is 10.8. The van der Waals surface area contributed by atoms with Crippen LogP contribution in [-0.2, 0) is 9.53 Å². The molecule has 38 heavy (non-hydrogen) atoms. The smallest absolute Gasteiger partial charge is 0.410 e. The Morgan fingerprint density at radius 1 is 1.03 bits per heavy atom. The van der Waals surface area contributed by atoms with Gasteiger partial charge in [0.1, 0.15) is 11.6 Å². The van der Waals surface area contributed by atoms with Crippen LogP contribution in [0.5, 0.6) is 0 Å². The highest BCUT2D eigenvalue weighted by Gasteiger charge is 2.42. The van der Waals surface area contributed by atoms with Crippen molar-refractivity contribution in [3.63, 3.8) is 0 Å². The van der Waals surface area contributed by atoms with Crippen LogP contribution in [-0.4, -0.2) is 52.0 Å². The van der Waals surface area contributed by atoms with Crippen LogP contribution in [0.4, 0.5) is 9.93 Å². The maximum absolute atomic E-state index is 13.4. The van der Waals surface area contributed by atoms with Crippen LogP contribution in [0.2, 0.25) is 0 Å². The number of hydrogen-bond acceptors (Lipinski definition) is 6. The second-order valence-corrected chi connectivity index (χ2v) is 11.7. The average molecular weight is 533 g/mol. The first-order valence-corrected chi connectivity index (χ1v) is 13.8. The van der Waals surface area contributed by atoms with E-state index in [-0.39, 0.29) is 17.7 Å². The van der Waals surface area contributed by atoms with Crippen molar-refractivity contribution in [3.05, 3.63) is 71.1 Å². The van der Waals surface area contributed by atoms with E-state index < -0.39 is 17.7 Å². The minimum Gasteiger partial charge on any atom is -0.444 e. The van der Waals surface area contributed by atoms with Gasteiger partial charge in [-0.1, -0.05) is 42.5 Å². The Hall–Kier alpha value is -3.72. The van der Waals surface area contributed by atoms with Gasteiger partial charge in [-0.25, -0.2) is 9.78 Å². The highest BCUT2D eigenvalue weighted by atomic mass is 32.1. The number of carbonyl (C=O) groups excluding carboxylic acids is 3. The molecule has 8 nitrogen and oxygen atoms in total. The Labute approximate surface area is 226 Å². The van der Waals surface area contributed by atoms with E-state index >= 15 is 0 Å². The first-order valence-electron chi connectivity index (χ1n) is 12.9. The molecule has 1 aromatic heterocycles. The first-order chi connectivity index (χ1) is 18.2. The fourth-order valence-electron chi connectivity index (χ4n) is 4.51. The molecule has 3 aromatic rings. The van der Waals surface area contributed by atoms with Gasteiger partial charge in [0, 0.05) is 35.0 Å². The van der Waals surface area contributed by atoms with Gasteiger partial charge in [0.2, 0.25) is 5.91 Å². The maximum Gasteiger partial charge on any atom is 0.410 e. The molecule has 1 saturated carbocycles. The van der Waals surface area contributed by atoms with Crippen LogP contribution in [0.15, 0.2) is 60.0 Å². The average Bonchev–Trinajstić information content (AvgIpc) is 3.38. The molecule has 2 heterocycles. The lowest BCUT2D eigenvalue weighted by molar-refractivity contribution is -0.120. The summed E-state index contributed by atoms with van der Waals surface area (Å²) < 4.78 is 5.61. The molecule has 1 unspecified atom stereocenters. The number of hydrogen-bond donors (Lipinski definition) is 2. The van der Waals surface area contributed by atoms with Gasteiger partial charge in [0.25, 0.3) is 5.91 Å². The molecule has 1 aliphatic heterocycles. The van der Waals surface area contributed by atoms with E-state index in [2.05, 4.69) is 15.6 Å². The number of aromatic nitrogens is 1. The highest BCUT2D eigenvalue weighted by Crippen LogP contribution is 2.34. The monoisotopic (exact) mass is 532 g/mol. The van der Waals surface area contributed by atoms with E-state index in [4.69, 9.17) is 4.74 Å². The fourth-order valence-corrected chi connectivity index (χ4v) is 5.24. The van der Waals surface area contributed by atoms with Gasteiger partial charge in [-0.05, 0) is 57.7 Å². The van der Waals surface area contributed by atoms with E-state index in [0.717, 1.165) is 24.0 Å². The maximum atomic E-state index is 13.4. The molecular formula is C29H32N4O4S. The number of thiazole rings is 1. The SMILES string of the molecule is CC(C)(C)OC(=O)N1C[C@H](c2ccccc2)CC1C(=O)Nc1nc(-c2ccc(C(=O)NC3CC3)cc2)cs1. The van der Waals surface area contributed by atoms with Gasteiger partial charge < -0.3 is 15.4 Å². The third-order valence-electron chi connectivity index (χ3n) is 6.59. The number of nitrogens with zero attached hydrogens (tertiary/aromatic N) is 2. The molecule has 1 saturated heterocycles. The third-order valence-corrected chi connectivity index (χ3v) is 7.35. The van der Waals surface area contributed by atoms with Crippen LogP contribution < -0.4 is 10.6 Å². The summed E-state index contributed by atoms with van der Waals surface area (Å²) in [6, 6.07) is 16.8. The number of nitrogens with one attached hydrogen (secondary N) is 2. The quantitative estimate of drug-likeness (QED) is 0.441. The number of benzene rings is 2. The Bertz CT molecular complexity index is 1310. The van der Waals surface area contributed by atoms with Crippen LogP contribution in [0.25, 0.3) is 11.3 Å². The van der Waals surface area contributed by atoms with Gasteiger partial charge in [-0.2, -0.15) is 0 Å². The second kappa shape index (κ2) is 10.6. The zero-order valence-corrected chi connectivity index (χ0v) is 22.6. The van der Waals surface area contributed by atoms with Crippen LogP contribution >= 0.6 is 11.3 Å². The molecule has 2 N–H and O–H groups in total. The summed E-state index contributed by atoms with van der Waals surface area (Å²) in [4.78, 5) is 44.8. The zero-order chi connectivity index (χ0) is 26.9. The van der Waals surface area contributed by atoms with Crippen molar-refractivity contribution in [1.82, 2.24) is 15.2 Å². The topological polar surface area (TPSA) is 101 Å². The molecule has 2 aromatic carbocycles. The summed E-state index contributed by atoms with van der Waals surface area (Å²) >= 11 is 1.32. The molecule has 9 heteroatoms. The van der Waals surface area contributed by atoms with Gasteiger partial charge in [-0.15, -0.1) is 11.3 Å². The van der Waals surface area contributed by atoms with Crippen molar-refractivity contribution in [2.75, 3.05) is 11.9 Å². The number of carbonyl (C=O) groups is 3. The van der Waals surface area contributed by atoms with Crippen molar-refractivity contribution in [2.45, 2.75) is 63.6 Å². The Morgan fingerprint density at radius 2 is 1.74 bits per heavy atom. The van der Waals surface area contributed by atoms with Gasteiger partial charge in [0.15, 0.2) is 5.13 Å². The van der Waals surface area contributed by atoms with E-state index in [1.807, 2.05) is 68.6 Å². The third kappa shape index (κ3) is 6.22. The minimum atomic E-state index is -0.674. The normalized spacial score (nSPS) is 19.2. The van der Waals surface area contributed by atoms with Crippen molar-refractivity contribution < 1.29 is 19.1 Å². The van der Waals surface area contributed by atoms with E-state index in [1.54, 1.807) is 12.1 Å². The molecule has 2 fully saturated rings. The summed E-state index contributed by atoms with van der Waals surface area (Å²) in [5, 5.41) is 8.20. The lowest BCUT2D eigenvalue weighted by Gasteiger charge is -2.27. The lowest BCUT2D eigenvalue weighted by atomic mass is 9.96. The molecule has 5 rings (SSSR count). The minimum absolute atomic E-state index is 0.0296. The Balaban J connectivity index is 1.28. The molecule has 2 atom stereocenters. The molecule has 198 valence electrons. The standard InChI is InChI=1S/C29H32N4O4S/c1-29(2,3)37-28(36)33-16-21(18-7-5-4-6-8-18)15-24(33)26(35)32-27-31-23(17-38-27)19-9-11-20(12-10-19)25(34)30-22-13-14-22/h4-12,17,21-22,24H,13-16H2,1-3H3,(H,30,34)(H,31,32,35)/t21-,24?/m1/s1. The van der Waals surface area contributed by atoms with Gasteiger partial charge in [-0.3, -0.25) is 14.5 Å². The Kier molecular flexibility index (Phi) is 7.21. The van der Waals surface area contributed by atoms with Crippen LogP contribution in [0.1, 0.15) is 61.9 Å². The van der Waals surface area contributed by atoms with Gasteiger partial charge >= 0.3 is 6.09 Å². The van der Waals surface area contributed by atoms with Crippen LogP contribution in [0.3, 0.4) is 0 Å². The summed E-state index contributed by atoms with van der Waals surface area (Å²) in [5.74, 6) is -0.325. The van der Waals surface area contributed by atoms with E-state index in [1.165, 1.54) is 16.2 Å². The molecule has 3 amide bonds. The predicted molar refractivity (Wildman–Crippen MR) is 147 cm³/mol. The largest absolute Gasteiger partial charge is 0.444 e. The Morgan fingerprint density at radius 3 is 2.39 bits per heavy atom. The highest BCUT2D eigenvalue weighted by molar-refractivity contribution is 7.14.